The van der Waals surface area contributed by atoms with Crippen LogP contribution in [0.3, 0.4) is 0 Å². The van der Waals surface area contributed by atoms with Gasteiger partial charge in [0.05, 0.1) is 12.3 Å². The van der Waals surface area contributed by atoms with Crippen LogP contribution in [-0.4, -0.2) is 16.0 Å². The van der Waals surface area contributed by atoms with Crippen molar-refractivity contribution in [3.8, 4) is 0 Å². The van der Waals surface area contributed by atoms with Gasteiger partial charge in [-0.05, 0) is 18.1 Å². The maximum atomic E-state index is 11.7. The van der Waals surface area contributed by atoms with Gasteiger partial charge in [0, 0.05) is 22.6 Å². The predicted octanol–water partition coefficient (Wildman–Crippen LogP) is 2.68. The summed E-state index contributed by atoms with van der Waals surface area (Å²) in [5, 5.41) is 3.29. The second-order valence-electron chi connectivity index (χ2n) is 5.05. The molecule has 1 rings (SSSR count). The van der Waals surface area contributed by atoms with Gasteiger partial charge in [-0.1, -0.05) is 27.7 Å². The molecular weight excluding hydrogens is 234 g/mol. The van der Waals surface area contributed by atoms with E-state index in [9.17, 15) is 4.21 Å². The molecule has 0 saturated carbocycles. The molecule has 3 nitrogen and oxygen atoms in total. The summed E-state index contributed by atoms with van der Waals surface area (Å²) < 4.78 is 17.4. The van der Waals surface area contributed by atoms with Crippen LogP contribution in [-0.2, 0) is 23.1 Å². The van der Waals surface area contributed by atoms with Gasteiger partial charge in [-0.25, -0.2) is 0 Å². The van der Waals surface area contributed by atoms with Crippen LogP contribution in [0.4, 0.5) is 0 Å². The molecule has 0 aliphatic carbocycles. The second kappa shape index (κ2) is 6.97. The Balaban J connectivity index is 2.42. The first-order valence-corrected chi connectivity index (χ1v) is 7.62. The Hall–Kier alpha value is -0.610. The van der Waals surface area contributed by atoms with E-state index in [0.717, 1.165) is 23.8 Å². The minimum absolute atomic E-state index is 0.443. The van der Waals surface area contributed by atoms with Crippen molar-refractivity contribution >= 4 is 10.8 Å². The lowest BCUT2D eigenvalue weighted by atomic mass is 10.3. The minimum Gasteiger partial charge on any atom is -0.464 e. The van der Waals surface area contributed by atoms with Crippen LogP contribution in [0, 0.1) is 5.92 Å². The highest BCUT2D eigenvalue weighted by Gasteiger charge is 2.08. The van der Waals surface area contributed by atoms with Crippen LogP contribution in [0.5, 0.6) is 0 Å². The Kier molecular flexibility index (Phi) is 5.92. The molecule has 98 valence electrons. The summed E-state index contributed by atoms with van der Waals surface area (Å²) in [5.74, 6) is 3.47. The molecule has 4 heteroatoms. The Morgan fingerprint density at radius 2 is 1.88 bits per heavy atom. The highest BCUT2D eigenvalue weighted by atomic mass is 32.2. The first-order chi connectivity index (χ1) is 7.97. The third-order valence-electron chi connectivity index (χ3n) is 2.22. The maximum Gasteiger partial charge on any atom is 0.118 e. The normalized spacial score (nSPS) is 13.5. The smallest absolute Gasteiger partial charge is 0.118 e. The summed E-state index contributed by atoms with van der Waals surface area (Å²) in [6.07, 6.45) is 0. The van der Waals surface area contributed by atoms with Crippen molar-refractivity contribution in [2.24, 2.45) is 5.92 Å². The zero-order valence-corrected chi connectivity index (χ0v) is 12.0. The topological polar surface area (TPSA) is 42.2 Å². The summed E-state index contributed by atoms with van der Waals surface area (Å²) in [4.78, 5) is 0. The molecule has 0 saturated heterocycles. The molecule has 1 aromatic rings. The standard InChI is InChI=1S/C13H23NO2S/c1-10(2)8-17(15)9-13-6-5-12(16-13)7-14-11(3)4/h5-6,10-11,14H,7-9H2,1-4H3. The molecule has 0 bridgehead atoms. The van der Waals surface area contributed by atoms with Crippen molar-refractivity contribution in [1.82, 2.24) is 5.32 Å². The molecule has 0 aliphatic heterocycles. The first-order valence-electron chi connectivity index (χ1n) is 6.13. The van der Waals surface area contributed by atoms with E-state index < -0.39 is 10.8 Å². The molecule has 1 aromatic heterocycles. The van der Waals surface area contributed by atoms with Crippen LogP contribution >= 0.6 is 0 Å². The third kappa shape index (κ3) is 6.03. The zero-order chi connectivity index (χ0) is 12.8. The Bertz CT molecular complexity index is 358. The van der Waals surface area contributed by atoms with Crippen molar-refractivity contribution in [2.45, 2.75) is 46.0 Å². The molecule has 0 radical (unpaired) electrons. The van der Waals surface area contributed by atoms with E-state index in [2.05, 4.69) is 33.0 Å². The molecule has 1 heterocycles. The van der Waals surface area contributed by atoms with E-state index in [1.165, 1.54) is 0 Å². The molecule has 0 fully saturated rings. The Morgan fingerprint density at radius 3 is 2.47 bits per heavy atom. The molecular formula is C13H23NO2S. The van der Waals surface area contributed by atoms with E-state index in [1.54, 1.807) is 0 Å². The van der Waals surface area contributed by atoms with Gasteiger partial charge < -0.3 is 9.73 Å². The van der Waals surface area contributed by atoms with Crippen LogP contribution in [0.2, 0.25) is 0 Å². The average Bonchev–Trinajstić information content (AvgIpc) is 2.61. The van der Waals surface area contributed by atoms with Crippen LogP contribution in [0.25, 0.3) is 0 Å². The molecule has 1 unspecified atom stereocenters. The van der Waals surface area contributed by atoms with E-state index in [1.807, 2.05) is 12.1 Å². The van der Waals surface area contributed by atoms with Crippen molar-refractivity contribution in [3.63, 3.8) is 0 Å². The second-order valence-corrected chi connectivity index (χ2v) is 6.55. The largest absolute Gasteiger partial charge is 0.464 e. The average molecular weight is 257 g/mol. The van der Waals surface area contributed by atoms with E-state index in [4.69, 9.17) is 4.42 Å². The van der Waals surface area contributed by atoms with Gasteiger partial charge in [0.25, 0.3) is 0 Å². The maximum absolute atomic E-state index is 11.7. The summed E-state index contributed by atoms with van der Waals surface area (Å²) >= 11 is 0. The summed E-state index contributed by atoms with van der Waals surface area (Å²) in [6.45, 7) is 9.09. The molecule has 0 spiro atoms. The van der Waals surface area contributed by atoms with Crippen LogP contribution in [0.15, 0.2) is 16.5 Å². The highest BCUT2D eigenvalue weighted by Crippen LogP contribution is 2.11. The molecule has 1 atom stereocenters. The van der Waals surface area contributed by atoms with Gasteiger partial charge in [0.1, 0.15) is 11.5 Å². The lowest BCUT2D eigenvalue weighted by Crippen LogP contribution is -2.21. The Labute approximate surface area is 106 Å². The van der Waals surface area contributed by atoms with Gasteiger partial charge in [-0.3, -0.25) is 4.21 Å². The quantitative estimate of drug-likeness (QED) is 0.816. The third-order valence-corrected chi connectivity index (χ3v) is 3.87. The molecule has 0 amide bonds. The fourth-order valence-electron chi connectivity index (χ4n) is 1.49. The SMILES string of the molecule is CC(C)CS(=O)Cc1ccc(CNC(C)C)o1. The minimum atomic E-state index is -0.815. The first kappa shape index (κ1) is 14.5. The van der Waals surface area contributed by atoms with E-state index >= 15 is 0 Å². The number of rotatable bonds is 7. The number of hydrogen-bond donors (Lipinski definition) is 1. The highest BCUT2D eigenvalue weighted by molar-refractivity contribution is 7.84. The zero-order valence-electron chi connectivity index (χ0n) is 11.2. The van der Waals surface area contributed by atoms with Crippen molar-refractivity contribution < 1.29 is 8.63 Å². The van der Waals surface area contributed by atoms with Crippen LogP contribution < -0.4 is 5.32 Å². The molecule has 17 heavy (non-hydrogen) atoms. The molecule has 1 N–H and O–H groups in total. The van der Waals surface area contributed by atoms with Crippen molar-refractivity contribution in [1.29, 1.82) is 0 Å². The molecule has 0 aromatic carbocycles. The Morgan fingerprint density at radius 1 is 1.24 bits per heavy atom. The predicted molar refractivity (Wildman–Crippen MR) is 72.2 cm³/mol. The number of furan rings is 1. The monoisotopic (exact) mass is 257 g/mol. The summed E-state index contributed by atoms with van der Waals surface area (Å²) in [7, 11) is -0.815. The van der Waals surface area contributed by atoms with Crippen LogP contribution in [0.1, 0.15) is 39.2 Å². The van der Waals surface area contributed by atoms with E-state index in [0.29, 0.717) is 17.7 Å². The number of nitrogens with one attached hydrogen (secondary N) is 1. The van der Waals surface area contributed by atoms with Gasteiger partial charge in [0.2, 0.25) is 0 Å². The summed E-state index contributed by atoms with van der Waals surface area (Å²) in [6, 6.07) is 4.32. The lowest BCUT2D eigenvalue weighted by molar-refractivity contribution is 0.444. The molecule has 0 aliphatic rings. The fourth-order valence-corrected chi connectivity index (χ4v) is 2.82. The van der Waals surface area contributed by atoms with Gasteiger partial charge >= 0.3 is 0 Å². The number of hydrogen-bond acceptors (Lipinski definition) is 3. The van der Waals surface area contributed by atoms with Gasteiger partial charge in [0.15, 0.2) is 0 Å². The van der Waals surface area contributed by atoms with Crippen molar-refractivity contribution in [2.75, 3.05) is 5.75 Å². The van der Waals surface area contributed by atoms with E-state index in [-0.39, 0.29) is 0 Å². The lowest BCUT2D eigenvalue weighted by Gasteiger charge is -2.05. The summed E-state index contributed by atoms with van der Waals surface area (Å²) in [5.41, 5.74) is 0. The van der Waals surface area contributed by atoms with Gasteiger partial charge in [-0.2, -0.15) is 0 Å². The van der Waals surface area contributed by atoms with Crippen molar-refractivity contribution in [3.05, 3.63) is 23.7 Å². The fraction of sp³-hybridized carbons (Fsp3) is 0.692. The van der Waals surface area contributed by atoms with Gasteiger partial charge in [-0.15, -0.1) is 0 Å².